The molecule has 0 amide bonds. The lowest BCUT2D eigenvalue weighted by atomic mass is 10.2. The smallest absolute Gasteiger partial charge is 0.305 e. The van der Waals surface area contributed by atoms with Gasteiger partial charge in [0.1, 0.15) is 11.9 Å². The Morgan fingerprint density at radius 3 is 2.50 bits per heavy atom. The largest absolute Gasteiger partial charge is 0.469 e. The number of carbonyl (C=O) groups is 1. The number of rotatable bonds is 11. The molecule has 0 aliphatic carbocycles. The zero-order chi connectivity index (χ0) is 16.4. The van der Waals surface area contributed by atoms with Gasteiger partial charge in [-0.05, 0) is 25.7 Å². The minimum atomic E-state index is -0.128. The number of aromatic nitrogens is 2. The number of esters is 1. The number of carbonyl (C=O) groups excluding carboxylic acids is 1. The fourth-order valence-corrected chi connectivity index (χ4v) is 2.82. The third-order valence-electron chi connectivity index (χ3n) is 4.26. The Labute approximate surface area is 135 Å². The normalized spacial score (nSPS) is 10.9. The first-order chi connectivity index (χ1) is 10.6. The SMILES string of the molecule is CCCCCn1c(CCC(=O)OC)c[n+](CCCCC)c1C. The summed E-state index contributed by atoms with van der Waals surface area (Å²) >= 11 is 0. The summed E-state index contributed by atoms with van der Waals surface area (Å²) in [4.78, 5) is 11.4. The average Bonchev–Trinajstić information content (AvgIpc) is 2.82. The molecule has 0 radical (unpaired) electrons. The zero-order valence-electron chi connectivity index (χ0n) is 14.9. The molecule has 0 aliphatic heterocycles. The van der Waals surface area contributed by atoms with Crippen molar-refractivity contribution in [3.63, 3.8) is 0 Å². The second-order valence-corrected chi connectivity index (χ2v) is 6.00. The van der Waals surface area contributed by atoms with Crippen molar-refractivity contribution in [1.82, 2.24) is 4.57 Å². The van der Waals surface area contributed by atoms with Crippen molar-refractivity contribution in [3.8, 4) is 0 Å². The highest BCUT2D eigenvalue weighted by Crippen LogP contribution is 2.10. The molecule has 4 nitrogen and oxygen atoms in total. The van der Waals surface area contributed by atoms with Crippen LogP contribution < -0.4 is 4.57 Å². The summed E-state index contributed by atoms with van der Waals surface area (Å²) in [5.41, 5.74) is 1.26. The molecule has 1 heterocycles. The van der Waals surface area contributed by atoms with Gasteiger partial charge in [0, 0.05) is 13.3 Å². The molecule has 22 heavy (non-hydrogen) atoms. The van der Waals surface area contributed by atoms with E-state index in [2.05, 4.69) is 36.1 Å². The van der Waals surface area contributed by atoms with Crippen LogP contribution in [-0.4, -0.2) is 17.6 Å². The molecule has 0 saturated heterocycles. The molecule has 0 fully saturated rings. The zero-order valence-corrected chi connectivity index (χ0v) is 14.9. The Bertz CT molecular complexity index is 452. The minimum absolute atomic E-state index is 0.128. The molecule has 0 saturated carbocycles. The maximum absolute atomic E-state index is 11.4. The summed E-state index contributed by atoms with van der Waals surface area (Å²) in [5.74, 6) is 1.18. The average molecular weight is 309 g/mol. The van der Waals surface area contributed by atoms with Gasteiger partial charge in [0.15, 0.2) is 0 Å². The Morgan fingerprint density at radius 1 is 1.18 bits per heavy atom. The van der Waals surface area contributed by atoms with E-state index in [-0.39, 0.29) is 5.97 Å². The highest BCUT2D eigenvalue weighted by molar-refractivity contribution is 5.69. The predicted octanol–water partition coefficient (Wildman–Crippen LogP) is 3.57. The van der Waals surface area contributed by atoms with Gasteiger partial charge in [0.05, 0.1) is 26.6 Å². The summed E-state index contributed by atoms with van der Waals surface area (Å²) in [6.45, 7) is 8.78. The molecule has 0 N–H and O–H groups in total. The standard InChI is InChI=1S/C18H33N2O2/c1-5-7-9-13-19-15-17(11-12-18(21)22-4)20(16(19)3)14-10-8-6-2/h15H,5-14H2,1-4H3/q+1. The molecular weight excluding hydrogens is 276 g/mol. The van der Waals surface area contributed by atoms with Gasteiger partial charge < -0.3 is 4.74 Å². The van der Waals surface area contributed by atoms with Gasteiger partial charge in [-0.15, -0.1) is 0 Å². The van der Waals surface area contributed by atoms with Crippen molar-refractivity contribution in [3.05, 3.63) is 17.7 Å². The number of hydrogen-bond acceptors (Lipinski definition) is 2. The Kier molecular flexibility index (Phi) is 8.86. The lowest BCUT2D eigenvalue weighted by molar-refractivity contribution is -0.703. The van der Waals surface area contributed by atoms with Crippen LogP contribution in [0.15, 0.2) is 6.20 Å². The molecule has 0 bridgehead atoms. The first kappa shape index (κ1) is 18.7. The van der Waals surface area contributed by atoms with E-state index in [1.165, 1.54) is 57.2 Å². The van der Waals surface area contributed by atoms with Crippen LogP contribution in [0.25, 0.3) is 0 Å². The fourth-order valence-electron chi connectivity index (χ4n) is 2.82. The van der Waals surface area contributed by atoms with Crippen molar-refractivity contribution in [2.45, 2.75) is 85.2 Å². The van der Waals surface area contributed by atoms with Crippen molar-refractivity contribution in [2.75, 3.05) is 7.11 Å². The number of imidazole rings is 1. The minimum Gasteiger partial charge on any atom is -0.469 e. The summed E-state index contributed by atoms with van der Waals surface area (Å²) in [5, 5.41) is 0. The second kappa shape index (κ2) is 10.4. The number of hydrogen-bond donors (Lipinski definition) is 0. The third kappa shape index (κ3) is 5.82. The lowest BCUT2D eigenvalue weighted by Gasteiger charge is -2.04. The van der Waals surface area contributed by atoms with E-state index in [9.17, 15) is 4.79 Å². The van der Waals surface area contributed by atoms with Gasteiger partial charge in [-0.25, -0.2) is 9.13 Å². The lowest BCUT2D eigenvalue weighted by Crippen LogP contribution is -2.35. The van der Waals surface area contributed by atoms with Crippen LogP contribution in [0.5, 0.6) is 0 Å². The van der Waals surface area contributed by atoms with Crippen LogP contribution in [0.1, 0.15) is 70.3 Å². The Hall–Kier alpha value is -1.32. The molecule has 0 atom stereocenters. The van der Waals surface area contributed by atoms with E-state index < -0.39 is 0 Å². The van der Waals surface area contributed by atoms with Gasteiger partial charge in [-0.3, -0.25) is 4.79 Å². The number of ether oxygens (including phenoxy) is 1. The molecule has 0 spiro atoms. The van der Waals surface area contributed by atoms with Crippen molar-refractivity contribution in [2.24, 2.45) is 0 Å². The molecule has 0 aliphatic rings. The molecule has 1 rings (SSSR count). The molecular formula is C18H33N2O2+. The molecule has 1 aromatic heterocycles. The number of nitrogens with zero attached hydrogens (tertiary/aromatic N) is 2. The maximum atomic E-state index is 11.4. The Balaban J connectivity index is 2.79. The van der Waals surface area contributed by atoms with E-state index in [4.69, 9.17) is 4.74 Å². The quantitative estimate of drug-likeness (QED) is 0.356. The third-order valence-corrected chi connectivity index (χ3v) is 4.26. The number of methoxy groups -OCH3 is 1. The Morgan fingerprint density at radius 2 is 1.86 bits per heavy atom. The summed E-state index contributed by atoms with van der Waals surface area (Å²) < 4.78 is 9.52. The topological polar surface area (TPSA) is 35.1 Å². The first-order valence-corrected chi connectivity index (χ1v) is 8.79. The first-order valence-electron chi connectivity index (χ1n) is 8.79. The van der Waals surface area contributed by atoms with Crippen molar-refractivity contribution >= 4 is 5.97 Å². The number of aryl methyl sites for hydroxylation is 2. The van der Waals surface area contributed by atoms with E-state index >= 15 is 0 Å². The van der Waals surface area contributed by atoms with Gasteiger partial charge in [0.2, 0.25) is 0 Å². The summed E-state index contributed by atoms with van der Waals surface area (Å²) in [7, 11) is 1.46. The predicted molar refractivity (Wildman–Crippen MR) is 88.8 cm³/mol. The van der Waals surface area contributed by atoms with Gasteiger partial charge in [0.25, 0.3) is 5.82 Å². The van der Waals surface area contributed by atoms with Crippen LogP contribution in [0.4, 0.5) is 0 Å². The maximum Gasteiger partial charge on any atom is 0.305 e. The number of unbranched alkanes of at least 4 members (excludes halogenated alkanes) is 4. The second-order valence-electron chi connectivity index (χ2n) is 6.00. The van der Waals surface area contributed by atoms with Crippen LogP contribution in [-0.2, 0) is 29.0 Å². The van der Waals surface area contributed by atoms with E-state index in [1.807, 2.05) is 0 Å². The van der Waals surface area contributed by atoms with Gasteiger partial charge in [-0.2, -0.15) is 0 Å². The molecule has 0 unspecified atom stereocenters. The van der Waals surface area contributed by atoms with Crippen molar-refractivity contribution in [1.29, 1.82) is 0 Å². The van der Waals surface area contributed by atoms with Crippen LogP contribution in [0.2, 0.25) is 0 Å². The van der Waals surface area contributed by atoms with E-state index in [1.54, 1.807) is 0 Å². The van der Waals surface area contributed by atoms with Crippen LogP contribution in [0.3, 0.4) is 0 Å². The monoisotopic (exact) mass is 309 g/mol. The molecule has 4 heteroatoms. The van der Waals surface area contributed by atoms with E-state index in [0.717, 1.165) is 19.5 Å². The molecule has 1 aromatic rings. The van der Waals surface area contributed by atoms with Gasteiger partial charge >= 0.3 is 5.97 Å². The van der Waals surface area contributed by atoms with Crippen molar-refractivity contribution < 1.29 is 14.1 Å². The molecule has 126 valence electrons. The highest BCUT2D eigenvalue weighted by Gasteiger charge is 2.20. The highest BCUT2D eigenvalue weighted by atomic mass is 16.5. The summed E-state index contributed by atoms with van der Waals surface area (Å²) in [6.07, 6.45) is 10.9. The fraction of sp³-hybridized carbons (Fsp3) is 0.778. The molecule has 0 aromatic carbocycles. The van der Waals surface area contributed by atoms with Crippen LogP contribution in [0, 0.1) is 6.92 Å². The van der Waals surface area contributed by atoms with Crippen LogP contribution >= 0.6 is 0 Å². The van der Waals surface area contributed by atoms with Gasteiger partial charge in [-0.1, -0.05) is 26.7 Å². The summed E-state index contributed by atoms with van der Waals surface area (Å²) in [6, 6.07) is 0. The van der Waals surface area contributed by atoms with E-state index in [0.29, 0.717) is 6.42 Å².